The Labute approximate surface area is 104 Å². The molecule has 1 saturated heterocycles. The highest BCUT2D eigenvalue weighted by atomic mass is 16.5. The zero-order valence-electron chi connectivity index (χ0n) is 10.1. The van der Waals surface area contributed by atoms with Crippen LogP contribution in [0.1, 0.15) is 40.9 Å². The molecule has 0 N–H and O–H groups in total. The maximum atomic E-state index is 12.3. The fourth-order valence-corrected chi connectivity index (χ4v) is 2.40. The summed E-state index contributed by atoms with van der Waals surface area (Å²) in [7, 11) is 0. The third-order valence-electron chi connectivity index (χ3n) is 3.23. The minimum Gasteiger partial charge on any atom is -0.467 e. The average Bonchev–Trinajstić information content (AvgIpc) is 3.08. The van der Waals surface area contributed by atoms with E-state index in [1.54, 1.807) is 24.2 Å². The normalized spacial score (nSPS) is 19.4. The van der Waals surface area contributed by atoms with Gasteiger partial charge in [-0.1, -0.05) is 5.16 Å². The summed E-state index contributed by atoms with van der Waals surface area (Å²) in [4.78, 5) is 14.1. The largest absolute Gasteiger partial charge is 0.467 e. The highest BCUT2D eigenvalue weighted by Crippen LogP contribution is 2.33. The monoisotopic (exact) mass is 246 g/mol. The van der Waals surface area contributed by atoms with Crippen LogP contribution in [0.2, 0.25) is 0 Å². The van der Waals surface area contributed by atoms with E-state index in [0.717, 1.165) is 25.1 Å². The van der Waals surface area contributed by atoms with Gasteiger partial charge in [0.1, 0.15) is 11.5 Å². The van der Waals surface area contributed by atoms with Crippen molar-refractivity contribution in [3.8, 4) is 0 Å². The number of aryl methyl sites for hydroxylation is 1. The molecule has 3 heterocycles. The Bertz CT molecular complexity index is 544. The molecule has 1 amide bonds. The Kier molecular flexibility index (Phi) is 2.66. The van der Waals surface area contributed by atoms with E-state index in [0.29, 0.717) is 11.5 Å². The summed E-state index contributed by atoms with van der Waals surface area (Å²) in [5, 5.41) is 3.78. The smallest absolute Gasteiger partial charge is 0.276 e. The number of carbonyl (C=O) groups excluding carboxylic acids is 1. The number of carbonyl (C=O) groups is 1. The summed E-state index contributed by atoms with van der Waals surface area (Å²) in [5.74, 6) is 1.39. The first-order chi connectivity index (χ1) is 8.75. The second-order valence-electron chi connectivity index (χ2n) is 4.49. The molecule has 1 aliphatic heterocycles. The van der Waals surface area contributed by atoms with Crippen molar-refractivity contribution >= 4 is 5.91 Å². The molecule has 0 saturated carbocycles. The number of rotatable bonds is 2. The Morgan fingerprint density at radius 1 is 1.56 bits per heavy atom. The number of nitrogens with zero attached hydrogens (tertiary/aromatic N) is 2. The van der Waals surface area contributed by atoms with Gasteiger partial charge in [0.05, 0.1) is 12.3 Å². The van der Waals surface area contributed by atoms with Crippen LogP contribution in [0.5, 0.6) is 0 Å². The Morgan fingerprint density at radius 2 is 2.44 bits per heavy atom. The molecule has 0 spiro atoms. The maximum absolute atomic E-state index is 12.3. The fourth-order valence-electron chi connectivity index (χ4n) is 2.40. The standard InChI is InChI=1S/C13H14N2O3/c1-9-8-10(14-18-9)13(16)15-6-2-4-11(15)12-5-3-7-17-12/h3,5,7-8,11H,2,4,6H2,1H3/t11-/m1/s1. The van der Waals surface area contributed by atoms with Gasteiger partial charge in [0, 0.05) is 12.6 Å². The quantitative estimate of drug-likeness (QED) is 0.817. The van der Waals surface area contributed by atoms with Crippen molar-refractivity contribution in [2.45, 2.75) is 25.8 Å². The number of hydrogen-bond acceptors (Lipinski definition) is 4. The van der Waals surface area contributed by atoms with Crippen LogP contribution in [0.15, 0.2) is 33.4 Å². The van der Waals surface area contributed by atoms with Gasteiger partial charge in [0.25, 0.3) is 5.91 Å². The summed E-state index contributed by atoms with van der Waals surface area (Å²) in [6, 6.07) is 5.44. The van der Waals surface area contributed by atoms with E-state index in [2.05, 4.69) is 5.16 Å². The lowest BCUT2D eigenvalue weighted by atomic mass is 10.1. The fraction of sp³-hybridized carbons (Fsp3) is 0.385. The van der Waals surface area contributed by atoms with Crippen LogP contribution in [0.25, 0.3) is 0 Å². The van der Waals surface area contributed by atoms with Crippen molar-refractivity contribution in [3.05, 3.63) is 41.7 Å². The van der Waals surface area contributed by atoms with Crippen molar-refractivity contribution in [2.24, 2.45) is 0 Å². The van der Waals surface area contributed by atoms with E-state index < -0.39 is 0 Å². The summed E-state index contributed by atoms with van der Waals surface area (Å²) in [6.07, 6.45) is 3.54. The van der Waals surface area contributed by atoms with Gasteiger partial charge in [0.15, 0.2) is 5.69 Å². The second kappa shape index (κ2) is 4.33. The lowest BCUT2D eigenvalue weighted by Crippen LogP contribution is -2.30. The van der Waals surface area contributed by atoms with Crippen molar-refractivity contribution < 1.29 is 13.7 Å². The van der Waals surface area contributed by atoms with Gasteiger partial charge in [-0.3, -0.25) is 4.79 Å². The molecule has 3 rings (SSSR count). The Morgan fingerprint density at radius 3 is 3.11 bits per heavy atom. The zero-order valence-corrected chi connectivity index (χ0v) is 10.1. The zero-order chi connectivity index (χ0) is 12.5. The van der Waals surface area contributed by atoms with Crippen LogP contribution in [0.4, 0.5) is 0 Å². The van der Waals surface area contributed by atoms with E-state index in [4.69, 9.17) is 8.94 Å². The van der Waals surface area contributed by atoms with Gasteiger partial charge in [-0.25, -0.2) is 0 Å². The molecule has 5 nitrogen and oxygen atoms in total. The first-order valence-electron chi connectivity index (χ1n) is 6.03. The third-order valence-corrected chi connectivity index (χ3v) is 3.23. The second-order valence-corrected chi connectivity index (χ2v) is 4.49. The van der Waals surface area contributed by atoms with E-state index in [-0.39, 0.29) is 11.9 Å². The third kappa shape index (κ3) is 1.81. The SMILES string of the molecule is Cc1cc(C(=O)N2CCC[C@@H]2c2ccco2)no1. The highest BCUT2D eigenvalue weighted by Gasteiger charge is 2.33. The van der Waals surface area contributed by atoms with Crippen molar-refractivity contribution in [2.75, 3.05) is 6.54 Å². The molecule has 94 valence electrons. The molecular weight excluding hydrogens is 232 g/mol. The molecule has 2 aromatic rings. The summed E-state index contributed by atoms with van der Waals surface area (Å²) in [5.41, 5.74) is 0.367. The lowest BCUT2D eigenvalue weighted by Gasteiger charge is -2.21. The summed E-state index contributed by atoms with van der Waals surface area (Å²) < 4.78 is 10.4. The Hall–Kier alpha value is -2.04. The van der Waals surface area contributed by atoms with Crippen LogP contribution in [0.3, 0.4) is 0 Å². The molecule has 18 heavy (non-hydrogen) atoms. The Balaban J connectivity index is 1.85. The molecule has 1 atom stereocenters. The van der Waals surface area contributed by atoms with E-state index >= 15 is 0 Å². The van der Waals surface area contributed by atoms with Gasteiger partial charge in [-0.05, 0) is 31.9 Å². The van der Waals surface area contributed by atoms with Gasteiger partial charge < -0.3 is 13.8 Å². The van der Waals surface area contributed by atoms with Crippen molar-refractivity contribution in [1.29, 1.82) is 0 Å². The van der Waals surface area contributed by atoms with E-state index in [1.165, 1.54) is 0 Å². The van der Waals surface area contributed by atoms with E-state index in [1.807, 2.05) is 12.1 Å². The number of amides is 1. The molecule has 0 radical (unpaired) electrons. The van der Waals surface area contributed by atoms with E-state index in [9.17, 15) is 4.79 Å². The van der Waals surface area contributed by atoms with Crippen molar-refractivity contribution in [3.63, 3.8) is 0 Å². The van der Waals surface area contributed by atoms with Crippen molar-refractivity contribution in [1.82, 2.24) is 10.1 Å². The first-order valence-corrected chi connectivity index (χ1v) is 6.03. The number of likely N-dealkylation sites (tertiary alicyclic amines) is 1. The van der Waals surface area contributed by atoms with Crippen LogP contribution in [-0.4, -0.2) is 22.5 Å². The van der Waals surface area contributed by atoms with Gasteiger partial charge in [0.2, 0.25) is 0 Å². The van der Waals surface area contributed by atoms with Gasteiger partial charge in [-0.15, -0.1) is 0 Å². The van der Waals surface area contributed by atoms with Crippen LogP contribution >= 0.6 is 0 Å². The molecular formula is C13H14N2O3. The lowest BCUT2D eigenvalue weighted by molar-refractivity contribution is 0.0709. The van der Waals surface area contributed by atoms with Gasteiger partial charge in [-0.2, -0.15) is 0 Å². The molecule has 1 fully saturated rings. The summed E-state index contributed by atoms with van der Waals surface area (Å²) in [6.45, 7) is 2.51. The van der Waals surface area contributed by atoms with Gasteiger partial charge >= 0.3 is 0 Å². The molecule has 0 aliphatic carbocycles. The predicted octanol–water partition coefficient (Wildman–Crippen LogP) is 2.55. The molecule has 5 heteroatoms. The molecule has 2 aromatic heterocycles. The minimum absolute atomic E-state index is 0.0181. The minimum atomic E-state index is -0.0919. The first kappa shape index (κ1) is 11.1. The molecule has 0 unspecified atom stereocenters. The molecule has 0 bridgehead atoms. The highest BCUT2D eigenvalue weighted by molar-refractivity contribution is 5.92. The maximum Gasteiger partial charge on any atom is 0.276 e. The number of furan rings is 1. The van der Waals surface area contributed by atoms with Crippen LogP contribution < -0.4 is 0 Å². The number of aromatic nitrogens is 1. The predicted molar refractivity (Wildman–Crippen MR) is 63.0 cm³/mol. The van der Waals surface area contributed by atoms with Crippen LogP contribution in [0, 0.1) is 6.92 Å². The average molecular weight is 246 g/mol. The van der Waals surface area contributed by atoms with Crippen LogP contribution in [-0.2, 0) is 0 Å². The topological polar surface area (TPSA) is 59.5 Å². The molecule has 1 aliphatic rings. The molecule has 0 aromatic carbocycles. The summed E-state index contributed by atoms with van der Waals surface area (Å²) >= 11 is 0. The number of hydrogen-bond donors (Lipinski definition) is 0.